The van der Waals surface area contributed by atoms with E-state index >= 15 is 0 Å². The number of hydrogen-bond donors (Lipinski definition) is 0. The highest BCUT2D eigenvalue weighted by molar-refractivity contribution is 7.91. The zero-order valence-corrected chi connectivity index (χ0v) is 13.5. The predicted molar refractivity (Wildman–Crippen MR) is 75.4 cm³/mol. The largest absolute Gasteiger partial charge is 0.545 e. The quantitative estimate of drug-likeness (QED) is 0.836. The summed E-state index contributed by atoms with van der Waals surface area (Å²) in [5.41, 5.74) is -0.270. The van der Waals surface area contributed by atoms with Crippen molar-refractivity contribution in [2.45, 2.75) is 24.5 Å². The molecule has 1 aliphatic heterocycles. The number of carboxylic acid groups (broad SMARTS) is 1. The first-order valence-corrected chi connectivity index (χ1v) is 8.86. The Bertz CT molecular complexity index is 615. The second-order valence-electron chi connectivity index (χ2n) is 5.31. The monoisotopic (exact) mass is 336 g/mol. The van der Waals surface area contributed by atoms with Gasteiger partial charge in [-0.25, -0.2) is 8.42 Å². The molecule has 2 unspecified atom stereocenters. The lowest BCUT2D eigenvalue weighted by Crippen LogP contribution is -2.42. The van der Waals surface area contributed by atoms with Gasteiger partial charge < -0.3 is 9.90 Å². The number of piperidine rings is 1. The molecule has 0 spiro atoms. The molecule has 0 saturated carbocycles. The standard InChI is InChI=1S/C12H16ClNO4S2/c1-7-3-8(2)6-14(5-7)20(17,18)10-4-9(12(15)16)11(13)19-10/h4,7-8H,3,5-6H2,1-2H3,(H,15,16)/p-1. The summed E-state index contributed by atoms with van der Waals surface area (Å²) < 4.78 is 26.4. The molecule has 0 amide bonds. The lowest BCUT2D eigenvalue weighted by Gasteiger charge is -2.33. The van der Waals surface area contributed by atoms with Crippen LogP contribution in [0.25, 0.3) is 0 Å². The minimum Gasteiger partial charge on any atom is -0.545 e. The van der Waals surface area contributed by atoms with E-state index < -0.39 is 16.0 Å². The zero-order valence-electron chi connectivity index (χ0n) is 11.1. The van der Waals surface area contributed by atoms with Crippen LogP contribution in [-0.4, -0.2) is 31.8 Å². The number of thiophene rings is 1. The van der Waals surface area contributed by atoms with E-state index in [0.29, 0.717) is 13.1 Å². The Hall–Kier alpha value is -0.630. The second kappa shape index (κ2) is 5.63. The summed E-state index contributed by atoms with van der Waals surface area (Å²) in [6.07, 6.45) is 0.988. The fourth-order valence-corrected chi connectivity index (χ4v) is 6.08. The van der Waals surface area contributed by atoms with Crippen molar-refractivity contribution in [3.63, 3.8) is 0 Å². The molecule has 112 valence electrons. The van der Waals surface area contributed by atoms with Gasteiger partial charge in [-0.2, -0.15) is 4.31 Å². The highest BCUT2D eigenvalue weighted by Gasteiger charge is 2.33. The van der Waals surface area contributed by atoms with Crippen LogP contribution in [0.2, 0.25) is 4.34 Å². The van der Waals surface area contributed by atoms with Crippen molar-refractivity contribution >= 4 is 38.9 Å². The molecule has 2 rings (SSSR count). The molecule has 2 atom stereocenters. The van der Waals surface area contributed by atoms with Gasteiger partial charge in [0.1, 0.15) is 8.55 Å². The Morgan fingerprint density at radius 2 is 1.95 bits per heavy atom. The minimum absolute atomic E-state index is 0.0389. The highest BCUT2D eigenvalue weighted by atomic mass is 35.5. The summed E-state index contributed by atoms with van der Waals surface area (Å²) in [6, 6.07) is 1.08. The van der Waals surface area contributed by atoms with Gasteiger partial charge in [0.15, 0.2) is 0 Å². The Kier molecular flexibility index (Phi) is 4.44. The number of hydrogen-bond acceptors (Lipinski definition) is 5. The van der Waals surface area contributed by atoms with E-state index in [2.05, 4.69) is 0 Å². The van der Waals surface area contributed by atoms with Crippen molar-refractivity contribution in [2.75, 3.05) is 13.1 Å². The number of rotatable bonds is 3. The Balaban J connectivity index is 2.35. The normalized spacial score (nSPS) is 24.8. The third-order valence-corrected chi connectivity index (χ3v) is 6.95. The lowest BCUT2D eigenvalue weighted by molar-refractivity contribution is -0.255. The maximum atomic E-state index is 12.5. The van der Waals surface area contributed by atoms with Crippen LogP contribution >= 0.6 is 22.9 Å². The van der Waals surface area contributed by atoms with Gasteiger partial charge in [-0.05, 0) is 24.3 Å². The third-order valence-electron chi connectivity index (χ3n) is 3.31. The molecule has 0 bridgehead atoms. The van der Waals surface area contributed by atoms with E-state index in [9.17, 15) is 18.3 Å². The maximum Gasteiger partial charge on any atom is 0.252 e. The number of aromatic carboxylic acids is 1. The molecule has 20 heavy (non-hydrogen) atoms. The van der Waals surface area contributed by atoms with Crippen molar-refractivity contribution in [3.8, 4) is 0 Å². The Morgan fingerprint density at radius 3 is 2.40 bits per heavy atom. The molecule has 5 nitrogen and oxygen atoms in total. The van der Waals surface area contributed by atoms with E-state index in [1.807, 2.05) is 13.8 Å². The second-order valence-corrected chi connectivity index (χ2v) is 9.13. The third kappa shape index (κ3) is 3.00. The van der Waals surface area contributed by atoms with Crippen LogP contribution < -0.4 is 5.11 Å². The topological polar surface area (TPSA) is 77.5 Å². The van der Waals surface area contributed by atoms with Gasteiger partial charge in [-0.15, -0.1) is 11.3 Å². The van der Waals surface area contributed by atoms with E-state index in [1.165, 1.54) is 4.31 Å². The lowest BCUT2D eigenvalue weighted by atomic mass is 9.94. The summed E-state index contributed by atoms with van der Waals surface area (Å²) in [7, 11) is -3.69. The average molecular weight is 337 g/mol. The Labute approximate surface area is 127 Å². The van der Waals surface area contributed by atoms with E-state index in [4.69, 9.17) is 11.6 Å². The summed E-state index contributed by atoms with van der Waals surface area (Å²) in [5, 5.41) is 10.8. The minimum atomic E-state index is -3.69. The fourth-order valence-electron chi connectivity index (χ4n) is 2.54. The molecule has 1 aromatic heterocycles. The molecule has 0 radical (unpaired) electrons. The SMILES string of the molecule is CC1CC(C)CN(S(=O)(=O)c2cc(C(=O)[O-])c(Cl)s2)C1. The van der Waals surface area contributed by atoms with Crippen LogP contribution in [0.3, 0.4) is 0 Å². The molecule has 1 fully saturated rings. The van der Waals surface area contributed by atoms with Gasteiger partial charge >= 0.3 is 0 Å². The summed E-state index contributed by atoms with van der Waals surface area (Å²) >= 11 is 6.52. The average Bonchev–Trinajstić information content (AvgIpc) is 2.70. The van der Waals surface area contributed by atoms with Gasteiger partial charge in [0, 0.05) is 18.7 Å². The molecule has 1 aliphatic rings. The van der Waals surface area contributed by atoms with Gasteiger partial charge in [0.25, 0.3) is 10.0 Å². The summed E-state index contributed by atoms with van der Waals surface area (Å²) in [4.78, 5) is 10.8. The van der Waals surface area contributed by atoms with Gasteiger partial charge in [-0.3, -0.25) is 0 Å². The van der Waals surface area contributed by atoms with Crippen LogP contribution in [-0.2, 0) is 10.0 Å². The number of carboxylic acids is 1. The summed E-state index contributed by atoms with van der Waals surface area (Å²) in [5.74, 6) is -0.901. The molecule has 1 saturated heterocycles. The first kappa shape index (κ1) is 15.8. The van der Waals surface area contributed by atoms with Crippen molar-refractivity contribution in [2.24, 2.45) is 11.8 Å². The van der Waals surface area contributed by atoms with Crippen molar-refractivity contribution in [1.82, 2.24) is 4.31 Å². The molecular weight excluding hydrogens is 322 g/mol. The Morgan fingerprint density at radius 1 is 1.40 bits per heavy atom. The zero-order chi connectivity index (χ0) is 15.1. The van der Waals surface area contributed by atoms with Crippen LogP contribution in [0.1, 0.15) is 30.6 Å². The number of carbonyl (C=O) groups excluding carboxylic acids is 1. The van der Waals surface area contributed by atoms with Crippen molar-refractivity contribution < 1.29 is 18.3 Å². The molecule has 8 heteroatoms. The van der Waals surface area contributed by atoms with Crippen LogP contribution in [0.4, 0.5) is 0 Å². The number of nitrogens with zero attached hydrogens (tertiary/aromatic N) is 1. The molecule has 0 N–H and O–H groups in total. The van der Waals surface area contributed by atoms with E-state index in [1.54, 1.807) is 0 Å². The van der Waals surface area contributed by atoms with E-state index in [0.717, 1.165) is 23.8 Å². The van der Waals surface area contributed by atoms with Crippen LogP contribution in [0.15, 0.2) is 10.3 Å². The molecule has 1 aromatic rings. The molecule has 2 heterocycles. The first-order valence-electron chi connectivity index (χ1n) is 6.22. The van der Waals surface area contributed by atoms with Crippen LogP contribution in [0.5, 0.6) is 0 Å². The number of carbonyl (C=O) groups is 1. The number of halogens is 1. The molecule has 0 aliphatic carbocycles. The summed E-state index contributed by atoms with van der Waals surface area (Å²) in [6.45, 7) is 4.91. The maximum absolute atomic E-state index is 12.5. The fraction of sp³-hybridized carbons (Fsp3) is 0.583. The van der Waals surface area contributed by atoms with Crippen LogP contribution in [0, 0.1) is 11.8 Å². The predicted octanol–water partition coefficient (Wildman–Crippen LogP) is 1.43. The van der Waals surface area contributed by atoms with E-state index in [-0.39, 0.29) is 25.9 Å². The molecular formula is C12H15ClNO4S2-. The van der Waals surface area contributed by atoms with Crippen molar-refractivity contribution in [1.29, 1.82) is 0 Å². The first-order chi connectivity index (χ1) is 9.21. The molecule has 0 aromatic carbocycles. The van der Waals surface area contributed by atoms with Gasteiger partial charge in [0.05, 0.1) is 5.97 Å². The highest BCUT2D eigenvalue weighted by Crippen LogP contribution is 2.34. The number of sulfonamides is 1. The van der Waals surface area contributed by atoms with Gasteiger partial charge in [0.2, 0.25) is 0 Å². The van der Waals surface area contributed by atoms with Crippen molar-refractivity contribution in [3.05, 3.63) is 16.0 Å². The van der Waals surface area contributed by atoms with Gasteiger partial charge in [-0.1, -0.05) is 25.4 Å². The smallest absolute Gasteiger partial charge is 0.252 e.